The van der Waals surface area contributed by atoms with E-state index in [-0.39, 0.29) is 43.3 Å². The van der Waals surface area contributed by atoms with Gasteiger partial charge in [-0.25, -0.2) is 0 Å². The number of hydrogen-bond acceptors (Lipinski definition) is 7. The maximum Gasteiger partial charge on any atom is 2.00 e. The third-order valence-electron chi connectivity index (χ3n) is 2.10. The van der Waals surface area contributed by atoms with E-state index in [0.717, 1.165) is 6.20 Å². The van der Waals surface area contributed by atoms with Gasteiger partial charge in [0.15, 0.2) is 0 Å². The topological polar surface area (TPSA) is 211 Å². The van der Waals surface area contributed by atoms with Crippen LogP contribution >= 0.6 is 15.2 Å². The van der Waals surface area contributed by atoms with Crippen molar-refractivity contribution in [1.82, 2.24) is 4.98 Å². The number of carbonyl (C=O) groups is 1. The third kappa shape index (κ3) is 7.47. The first-order valence-corrected chi connectivity index (χ1v) is 8.14. The molecule has 0 saturated carbocycles. The van der Waals surface area contributed by atoms with Crippen LogP contribution in [0.25, 0.3) is 0 Å². The van der Waals surface area contributed by atoms with Gasteiger partial charge >= 0.3 is 52.9 Å². The summed E-state index contributed by atoms with van der Waals surface area (Å²) in [6.07, 6.45) is -0.705. The number of hydrogen-bond donors (Lipinski definition) is 5. The number of rotatable bonds is 4. The number of carboxylic acid groups (broad SMARTS) is 2. The van der Waals surface area contributed by atoms with Gasteiger partial charge in [-0.2, -0.15) is 0 Å². The molecule has 14 heteroatoms. The zero-order valence-electron chi connectivity index (χ0n) is 10.8. The van der Waals surface area contributed by atoms with E-state index in [1.165, 1.54) is 18.3 Å². The Morgan fingerprint density at radius 1 is 1.18 bits per heavy atom. The molecule has 11 nitrogen and oxygen atoms in total. The normalized spacial score (nSPS) is 11.7. The summed E-state index contributed by atoms with van der Waals surface area (Å²) in [5, 5.41) is 22.8. The Balaban J connectivity index is 0. The van der Waals surface area contributed by atoms with Gasteiger partial charge in [0.05, 0.1) is 0 Å². The van der Waals surface area contributed by atoms with Crippen LogP contribution in [0.1, 0.15) is 5.56 Å². The summed E-state index contributed by atoms with van der Waals surface area (Å²) in [6.45, 7) is 0. The van der Waals surface area contributed by atoms with E-state index in [1.54, 1.807) is 0 Å². The smallest absolute Gasteiger partial charge is 0.652 e. The molecule has 0 aliphatic carbocycles. The zero-order chi connectivity index (χ0) is 16.9. The molecule has 1 aromatic rings. The number of aliphatic hydroxyl groups is 1. The van der Waals surface area contributed by atoms with E-state index < -0.39 is 32.9 Å². The standard InChI is InChI=1S/C7H11NO7P2.CH2O3.Ca/c9-7(16(10,11)12,17(13,14)15)4-6-2-1-3-8-5-6;2-1(3)4;/h1-3,5,9H,4H2,(H2,10,11,12)(H2,13,14,15);(H2,2,3,4);/q;;+2/p-2. The van der Waals surface area contributed by atoms with Crippen molar-refractivity contribution >= 4 is 59.1 Å². The summed E-state index contributed by atoms with van der Waals surface area (Å²) in [5.41, 5.74) is 0.0988. The minimum Gasteiger partial charge on any atom is -0.652 e. The van der Waals surface area contributed by atoms with Gasteiger partial charge < -0.3 is 39.7 Å². The van der Waals surface area contributed by atoms with Crippen molar-refractivity contribution in [3.05, 3.63) is 30.1 Å². The monoisotopic (exact) mass is 383 g/mol. The second-order valence-corrected chi connectivity index (χ2v) is 7.66. The molecule has 1 rings (SSSR count). The van der Waals surface area contributed by atoms with E-state index in [9.17, 15) is 14.2 Å². The molecule has 0 radical (unpaired) electrons. The van der Waals surface area contributed by atoms with Crippen molar-refractivity contribution in [2.24, 2.45) is 0 Å². The maximum atomic E-state index is 11.0. The van der Waals surface area contributed by atoms with E-state index in [1.807, 2.05) is 0 Å². The van der Waals surface area contributed by atoms with Crippen LogP contribution in [0.4, 0.5) is 4.79 Å². The number of nitrogens with zero attached hydrogens (tertiary/aromatic N) is 1. The molecule has 0 spiro atoms. The van der Waals surface area contributed by atoms with Gasteiger partial charge in [-0.15, -0.1) is 0 Å². The van der Waals surface area contributed by atoms with Crippen LogP contribution in [0.3, 0.4) is 0 Å². The Bertz CT molecular complexity index is 544. The maximum absolute atomic E-state index is 11.0. The summed E-state index contributed by atoms with van der Waals surface area (Å²) < 4.78 is 22.1. The quantitative estimate of drug-likeness (QED) is 0.258. The fraction of sp³-hybridized carbons (Fsp3) is 0.250. The molecule has 0 unspecified atom stereocenters. The van der Waals surface area contributed by atoms with Crippen LogP contribution in [-0.4, -0.2) is 78.6 Å². The van der Waals surface area contributed by atoms with Crippen molar-refractivity contribution in [1.29, 1.82) is 0 Å². The molecule has 0 aliphatic heterocycles. The molecule has 0 atom stereocenters. The van der Waals surface area contributed by atoms with Gasteiger partial charge in [0.1, 0.15) is 0 Å². The Hall–Kier alpha value is -0.0603. The Labute approximate surface area is 154 Å². The minimum absolute atomic E-state index is 0. The molecule has 0 aromatic carbocycles. The summed E-state index contributed by atoms with van der Waals surface area (Å²) in [4.78, 5) is 47.5. The Morgan fingerprint density at radius 2 is 1.59 bits per heavy atom. The second-order valence-electron chi connectivity index (χ2n) is 3.65. The molecule has 0 aliphatic rings. The van der Waals surface area contributed by atoms with Crippen LogP contribution in [0, 0.1) is 0 Å². The fourth-order valence-electron chi connectivity index (χ4n) is 1.15. The molecule has 120 valence electrons. The first kappa shape index (κ1) is 24.2. The molecule has 0 bridgehead atoms. The van der Waals surface area contributed by atoms with Crippen LogP contribution in [0.15, 0.2) is 24.5 Å². The van der Waals surface area contributed by atoms with Crippen molar-refractivity contribution in [3.63, 3.8) is 0 Å². The fourth-order valence-corrected chi connectivity index (χ4v) is 3.29. The Kier molecular flexibility index (Phi) is 10.2. The number of carbonyl (C=O) groups excluding carboxylic acids is 1. The van der Waals surface area contributed by atoms with Gasteiger partial charge in [-0.3, -0.25) is 14.1 Å². The first-order valence-electron chi connectivity index (χ1n) is 4.92. The Morgan fingerprint density at radius 3 is 1.86 bits per heavy atom. The predicted octanol–water partition coefficient (Wildman–Crippen LogP) is -3.20. The molecule has 0 amide bonds. The third-order valence-corrected chi connectivity index (χ3v) is 5.84. The zero-order valence-corrected chi connectivity index (χ0v) is 14.8. The molecule has 1 aromatic heterocycles. The van der Waals surface area contributed by atoms with Crippen molar-refractivity contribution < 1.29 is 48.8 Å². The van der Waals surface area contributed by atoms with Gasteiger partial charge in [0, 0.05) is 18.8 Å². The first-order chi connectivity index (χ1) is 9.31. The SMILES string of the molecule is O=C([O-])[O-].O=P(O)(O)C(O)(Cc1cccnc1)P(=O)(O)O.[Ca+2]. The summed E-state index contributed by atoms with van der Waals surface area (Å²) in [7, 11) is -10.8. The second kappa shape index (κ2) is 9.29. The number of aromatic nitrogens is 1. The van der Waals surface area contributed by atoms with Crippen LogP contribution in [0.2, 0.25) is 0 Å². The average Bonchev–Trinajstić information content (AvgIpc) is 2.26. The van der Waals surface area contributed by atoms with E-state index in [4.69, 9.17) is 34.6 Å². The molecule has 0 saturated heterocycles. The van der Waals surface area contributed by atoms with E-state index >= 15 is 0 Å². The van der Waals surface area contributed by atoms with Gasteiger partial charge in [0.2, 0.25) is 0 Å². The number of pyridine rings is 1. The van der Waals surface area contributed by atoms with Crippen molar-refractivity contribution in [3.8, 4) is 0 Å². The molecule has 5 N–H and O–H groups in total. The predicted molar refractivity (Wildman–Crippen MR) is 68.1 cm³/mol. The van der Waals surface area contributed by atoms with Gasteiger partial charge in [-0.05, 0) is 17.8 Å². The van der Waals surface area contributed by atoms with E-state index in [2.05, 4.69) is 4.98 Å². The van der Waals surface area contributed by atoms with Crippen LogP contribution in [0.5, 0.6) is 0 Å². The molecule has 0 fully saturated rings. The van der Waals surface area contributed by atoms with Gasteiger partial charge in [-0.1, -0.05) is 6.07 Å². The summed E-state index contributed by atoms with van der Waals surface area (Å²) >= 11 is 0. The molecular weight excluding hydrogens is 372 g/mol. The summed E-state index contributed by atoms with van der Waals surface area (Å²) in [5.74, 6) is 0. The minimum atomic E-state index is -5.41. The molecular formula is C8H11CaNO10P2. The summed E-state index contributed by atoms with van der Waals surface area (Å²) in [6, 6.07) is 2.75. The average molecular weight is 383 g/mol. The van der Waals surface area contributed by atoms with E-state index in [0.29, 0.717) is 0 Å². The van der Waals surface area contributed by atoms with Crippen LogP contribution < -0.4 is 10.2 Å². The molecule has 22 heavy (non-hydrogen) atoms. The molecule has 1 heterocycles. The van der Waals surface area contributed by atoms with Crippen molar-refractivity contribution in [2.75, 3.05) is 0 Å². The van der Waals surface area contributed by atoms with Crippen molar-refractivity contribution in [2.45, 2.75) is 11.5 Å². The van der Waals surface area contributed by atoms with Crippen LogP contribution in [-0.2, 0) is 15.6 Å². The largest absolute Gasteiger partial charge is 2.00 e. The van der Waals surface area contributed by atoms with Gasteiger partial charge in [0.25, 0.3) is 5.08 Å².